The topological polar surface area (TPSA) is 74.8 Å². The predicted octanol–water partition coefficient (Wildman–Crippen LogP) is 3.26. The third-order valence-electron chi connectivity index (χ3n) is 4.55. The zero-order valence-corrected chi connectivity index (χ0v) is 19.7. The monoisotopic (exact) mass is 522 g/mol. The first kappa shape index (κ1) is 24.0. The SMILES string of the molecule is CCNC(=NCc1ccccc1)NCCc1ccc(OCC(=O)NC2CC2)cc1.I. The first-order chi connectivity index (χ1) is 14.2. The minimum atomic E-state index is -0.0495. The highest BCUT2D eigenvalue weighted by Gasteiger charge is 2.23. The van der Waals surface area contributed by atoms with Gasteiger partial charge in [-0.15, -0.1) is 24.0 Å². The van der Waals surface area contributed by atoms with Crippen LogP contribution in [-0.2, 0) is 17.8 Å². The maximum absolute atomic E-state index is 11.7. The summed E-state index contributed by atoms with van der Waals surface area (Å²) in [4.78, 5) is 16.3. The zero-order chi connectivity index (χ0) is 20.3. The van der Waals surface area contributed by atoms with E-state index in [0.717, 1.165) is 38.3 Å². The molecule has 6 nitrogen and oxygen atoms in total. The molecular weight excluding hydrogens is 491 g/mol. The molecule has 0 spiro atoms. The molecule has 0 aliphatic heterocycles. The summed E-state index contributed by atoms with van der Waals surface area (Å²) in [5.41, 5.74) is 2.39. The first-order valence-electron chi connectivity index (χ1n) is 10.3. The van der Waals surface area contributed by atoms with Gasteiger partial charge in [0, 0.05) is 19.1 Å². The number of halogens is 1. The average molecular weight is 522 g/mol. The molecule has 30 heavy (non-hydrogen) atoms. The Labute approximate surface area is 195 Å². The Kier molecular flexibility index (Phi) is 10.5. The van der Waals surface area contributed by atoms with Crippen LogP contribution >= 0.6 is 24.0 Å². The molecule has 162 valence electrons. The van der Waals surface area contributed by atoms with Gasteiger partial charge in [-0.1, -0.05) is 42.5 Å². The highest BCUT2D eigenvalue weighted by Crippen LogP contribution is 2.18. The number of ether oxygens (including phenoxy) is 1. The van der Waals surface area contributed by atoms with Crippen molar-refractivity contribution < 1.29 is 9.53 Å². The molecule has 1 aliphatic carbocycles. The number of amides is 1. The van der Waals surface area contributed by atoms with Crippen molar-refractivity contribution in [3.05, 3.63) is 65.7 Å². The number of nitrogens with one attached hydrogen (secondary N) is 3. The van der Waals surface area contributed by atoms with Crippen LogP contribution in [0.15, 0.2) is 59.6 Å². The smallest absolute Gasteiger partial charge is 0.258 e. The molecule has 0 atom stereocenters. The van der Waals surface area contributed by atoms with Gasteiger partial charge in [0.2, 0.25) is 0 Å². The number of hydrogen-bond donors (Lipinski definition) is 3. The number of rotatable bonds is 10. The van der Waals surface area contributed by atoms with E-state index >= 15 is 0 Å². The van der Waals surface area contributed by atoms with Gasteiger partial charge in [-0.05, 0) is 49.4 Å². The maximum Gasteiger partial charge on any atom is 0.258 e. The van der Waals surface area contributed by atoms with Crippen molar-refractivity contribution in [1.29, 1.82) is 0 Å². The van der Waals surface area contributed by atoms with Crippen LogP contribution in [-0.4, -0.2) is 37.6 Å². The molecule has 0 radical (unpaired) electrons. The fourth-order valence-corrected chi connectivity index (χ4v) is 2.82. The van der Waals surface area contributed by atoms with E-state index in [9.17, 15) is 4.79 Å². The molecule has 3 N–H and O–H groups in total. The van der Waals surface area contributed by atoms with Crippen LogP contribution in [0.5, 0.6) is 5.75 Å². The molecule has 0 bridgehead atoms. The summed E-state index contributed by atoms with van der Waals surface area (Å²) in [6.07, 6.45) is 3.04. The maximum atomic E-state index is 11.7. The van der Waals surface area contributed by atoms with E-state index in [1.54, 1.807) is 0 Å². The first-order valence-corrected chi connectivity index (χ1v) is 10.3. The lowest BCUT2D eigenvalue weighted by molar-refractivity contribution is -0.123. The van der Waals surface area contributed by atoms with Crippen molar-refractivity contribution in [2.75, 3.05) is 19.7 Å². The van der Waals surface area contributed by atoms with Crippen LogP contribution < -0.4 is 20.7 Å². The van der Waals surface area contributed by atoms with E-state index < -0.39 is 0 Å². The van der Waals surface area contributed by atoms with Gasteiger partial charge < -0.3 is 20.7 Å². The second kappa shape index (κ2) is 13.1. The third kappa shape index (κ3) is 9.02. The van der Waals surface area contributed by atoms with Crippen LogP contribution in [0.3, 0.4) is 0 Å². The Morgan fingerprint density at radius 1 is 1.03 bits per heavy atom. The van der Waals surface area contributed by atoms with Crippen molar-refractivity contribution in [3.8, 4) is 5.75 Å². The van der Waals surface area contributed by atoms with Gasteiger partial charge in [0.05, 0.1) is 6.54 Å². The quantitative estimate of drug-likeness (QED) is 0.255. The molecule has 3 rings (SSSR count). The van der Waals surface area contributed by atoms with Crippen LogP contribution in [0, 0.1) is 0 Å². The molecule has 0 saturated heterocycles. The standard InChI is InChI=1S/C23H30N4O2.HI/c1-2-24-23(26-16-19-6-4-3-5-7-19)25-15-14-18-8-12-21(13-9-18)29-17-22(28)27-20-10-11-20;/h3-9,12-13,20H,2,10-11,14-17H2,1H3,(H,27,28)(H2,24,25,26);1H. The van der Waals surface area contributed by atoms with E-state index in [1.165, 1.54) is 11.1 Å². The average Bonchev–Trinajstić information content (AvgIpc) is 3.56. The lowest BCUT2D eigenvalue weighted by Crippen LogP contribution is -2.38. The minimum absolute atomic E-state index is 0. The van der Waals surface area contributed by atoms with Crippen molar-refractivity contribution >= 4 is 35.8 Å². The van der Waals surface area contributed by atoms with Gasteiger partial charge in [0.25, 0.3) is 5.91 Å². The largest absolute Gasteiger partial charge is 0.484 e. The third-order valence-corrected chi connectivity index (χ3v) is 4.55. The number of benzene rings is 2. The van der Waals surface area contributed by atoms with E-state index in [0.29, 0.717) is 18.3 Å². The highest BCUT2D eigenvalue weighted by atomic mass is 127. The summed E-state index contributed by atoms with van der Waals surface area (Å²) in [6, 6.07) is 18.5. The molecule has 2 aromatic rings. The fourth-order valence-electron chi connectivity index (χ4n) is 2.82. The fraction of sp³-hybridized carbons (Fsp3) is 0.391. The summed E-state index contributed by atoms with van der Waals surface area (Å²) in [7, 11) is 0. The Balaban J connectivity index is 0.00000320. The molecule has 1 fully saturated rings. The Hall–Kier alpha value is -2.29. The van der Waals surface area contributed by atoms with Gasteiger partial charge in [-0.3, -0.25) is 4.79 Å². The summed E-state index contributed by atoms with van der Waals surface area (Å²) in [6.45, 7) is 4.38. The summed E-state index contributed by atoms with van der Waals surface area (Å²) < 4.78 is 5.54. The zero-order valence-electron chi connectivity index (χ0n) is 17.4. The molecule has 0 aromatic heterocycles. The second-order valence-electron chi connectivity index (χ2n) is 7.13. The molecule has 0 unspecified atom stereocenters. The Morgan fingerprint density at radius 2 is 1.77 bits per heavy atom. The van der Waals surface area contributed by atoms with E-state index in [-0.39, 0.29) is 36.5 Å². The number of hydrogen-bond acceptors (Lipinski definition) is 3. The normalized spacial score (nSPS) is 13.2. The highest BCUT2D eigenvalue weighted by molar-refractivity contribution is 14.0. The van der Waals surface area contributed by atoms with Crippen LogP contribution in [0.1, 0.15) is 30.9 Å². The molecule has 2 aromatic carbocycles. The molecular formula is C23H31IN4O2. The minimum Gasteiger partial charge on any atom is -0.484 e. The molecule has 0 heterocycles. The number of carbonyl (C=O) groups is 1. The number of aliphatic imine (C=N–C) groups is 1. The Morgan fingerprint density at radius 3 is 2.43 bits per heavy atom. The van der Waals surface area contributed by atoms with E-state index in [1.807, 2.05) is 42.5 Å². The molecule has 1 aliphatic rings. The van der Waals surface area contributed by atoms with Crippen molar-refractivity contribution in [1.82, 2.24) is 16.0 Å². The van der Waals surface area contributed by atoms with Crippen molar-refractivity contribution in [2.24, 2.45) is 4.99 Å². The second-order valence-corrected chi connectivity index (χ2v) is 7.13. The summed E-state index contributed by atoms with van der Waals surface area (Å²) >= 11 is 0. The molecule has 7 heteroatoms. The lowest BCUT2D eigenvalue weighted by atomic mass is 10.1. The lowest BCUT2D eigenvalue weighted by Gasteiger charge is -2.12. The molecule has 1 saturated carbocycles. The summed E-state index contributed by atoms with van der Waals surface area (Å²) in [5.74, 6) is 1.48. The van der Waals surface area contributed by atoms with Crippen molar-refractivity contribution in [2.45, 2.75) is 38.8 Å². The van der Waals surface area contributed by atoms with E-state index in [2.05, 4.69) is 40.0 Å². The van der Waals surface area contributed by atoms with Crippen molar-refractivity contribution in [3.63, 3.8) is 0 Å². The van der Waals surface area contributed by atoms with Gasteiger partial charge in [-0.25, -0.2) is 4.99 Å². The van der Waals surface area contributed by atoms with Gasteiger partial charge in [0.15, 0.2) is 12.6 Å². The molecule has 1 amide bonds. The van der Waals surface area contributed by atoms with Crippen LogP contribution in [0.2, 0.25) is 0 Å². The number of carbonyl (C=O) groups excluding carboxylic acids is 1. The predicted molar refractivity (Wildman–Crippen MR) is 131 cm³/mol. The summed E-state index contributed by atoms with van der Waals surface area (Å²) in [5, 5.41) is 9.56. The van der Waals surface area contributed by atoms with E-state index in [4.69, 9.17) is 4.74 Å². The van der Waals surface area contributed by atoms with Gasteiger partial charge in [0.1, 0.15) is 5.75 Å². The van der Waals surface area contributed by atoms with Gasteiger partial charge >= 0.3 is 0 Å². The van der Waals surface area contributed by atoms with Crippen LogP contribution in [0.25, 0.3) is 0 Å². The Bertz CT molecular complexity index is 793. The number of nitrogens with zero attached hydrogens (tertiary/aromatic N) is 1. The van der Waals surface area contributed by atoms with Gasteiger partial charge in [-0.2, -0.15) is 0 Å². The number of guanidine groups is 1. The van der Waals surface area contributed by atoms with Crippen LogP contribution in [0.4, 0.5) is 0 Å².